The minimum Gasteiger partial charge on any atom is -0.362 e. The molecule has 1 aromatic heterocycles. The fourth-order valence-electron chi connectivity index (χ4n) is 1.05. The second kappa shape index (κ2) is 2.36. The third-order valence-electron chi connectivity index (χ3n) is 1.75. The highest BCUT2D eigenvalue weighted by Gasteiger charge is 2.20. The highest BCUT2D eigenvalue weighted by molar-refractivity contribution is 5.23. The van der Waals surface area contributed by atoms with Crippen LogP contribution in [0.3, 0.4) is 0 Å². The van der Waals surface area contributed by atoms with Crippen molar-refractivity contribution in [2.75, 3.05) is 0 Å². The first-order chi connectivity index (χ1) is 4.93. The number of hydrogen-bond donors (Lipinski definition) is 1. The number of aryl methyl sites for hydroxylation is 1. The van der Waals surface area contributed by atoms with E-state index in [1.807, 2.05) is 20.8 Å². The molecule has 0 aliphatic heterocycles. The van der Waals surface area contributed by atoms with Gasteiger partial charge in [-0.2, -0.15) is 0 Å². The minimum absolute atomic E-state index is 0.0995. The summed E-state index contributed by atoms with van der Waals surface area (Å²) >= 11 is 0. The Morgan fingerprint density at radius 2 is 1.91 bits per heavy atom. The predicted octanol–water partition coefficient (Wildman–Crippen LogP) is 2.76. The lowest BCUT2D eigenvalue weighted by Gasteiger charge is -2.16. The fourth-order valence-corrected chi connectivity index (χ4v) is 1.05. The van der Waals surface area contributed by atoms with Crippen LogP contribution in [0.1, 0.15) is 32.0 Å². The van der Waals surface area contributed by atoms with E-state index < -0.39 is 0 Å². The molecule has 0 saturated carbocycles. The quantitative estimate of drug-likeness (QED) is 0.593. The van der Waals surface area contributed by atoms with Crippen LogP contribution in [0.15, 0.2) is 6.20 Å². The van der Waals surface area contributed by atoms with Gasteiger partial charge in [0, 0.05) is 17.2 Å². The van der Waals surface area contributed by atoms with Gasteiger partial charge in [0.25, 0.3) is 0 Å². The molecular formula is C9H14FN. The molecule has 0 atom stereocenters. The summed E-state index contributed by atoms with van der Waals surface area (Å²) in [6.07, 6.45) is 1.70. The maximum Gasteiger partial charge on any atom is 0.147 e. The Morgan fingerprint density at radius 1 is 1.36 bits per heavy atom. The van der Waals surface area contributed by atoms with Gasteiger partial charge in [0.15, 0.2) is 0 Å². The van der Waals surface area contributed by atoms with Crippen molar-refractivity contribution in [3.05, 3.63) is 23.3 Å². The fraction of sp³-hybridized carbons (Fsp3) is 0.556. The van der Waals surface area contributed by atoms with E-state index in [9.17, 15) is 4.39 Å². The van der Waals surface area contributed by atoms with E-state index in [1.54, 1.807) is 13.1 Å². The van der Waals surface area contributed by atoms with E-state index in [4.69, 9.17) is 0 Å². The molecule has 0 spiro atoms. The van der Waals surface area contributed by atoms with Crippen molar-refractivity contribution in [3.8, 4) is 0 Å². The summed E-state index contributed by atoms with van der Waals surface area (Å²) in [5, 5.41) is 0. The van der Waals surface area contributed by atoms with Crippen LogP contribution >= 0.6 is 0 Å². The van der Waals surface area contributed by atoms with Gasteiger partial charge in [0.2, 0.25) is 0 Å². The van der Waals surface area contributed by atoms with Crippen molar-refractivity contribution < 1.29 is 4.39 Å². The lowest BCUT2D eigenvalue weighted by atomic mass is 9.92. The van der Waals surface area contributed by atoms with Gasteiger partial charge >= 0.3 is 0 Å². The molecule has 0 bridgehead atoms. The molecule has 0 amide bonds. The number of aromatic nitrogens is 1. The van der Waals surface area contributed by atoms with Gasteiger partial charge in [0.05, 0.1) is 5.69 Å². The Kier molecular flexibility index (Phi) is 1.78. The predicted molar refractivity (Wildman–Crippen MR) is 44.2 cm³/mol. The molecule has 1 rings (SSSR count). The first-order valence-electron chi connectivity index (χ1n) is 3.77. The number of nitrogens with one attached hydrogen (secondary N) is 1. The molecule has 0 radical (unpaired) electrons. The van der Waals surface area contributed by atoms with E-state index in [0.717, 1.165) is 0 Å². The van der Waals surface area contributed by atoms with Crippen molar-refractivity contribution in [1.29, 1.82) is 0 Å². The molecule has 0 aliphatic rings. The van der Waals surface area contributed by atoms with Crippen molar-refractivity contribution >= 4 is 0 Å². The summed E-state index contributed by atoms with van der Waals surface area (Å²) in [6, 6.07) is 0. The standard InChI is InChI=1S/C9H14FN/c1-6-5-11-8(7(6)10)9(2,3)4/h5,11H,1-4H3. The molecule has 0 aromatic carbocycles. The Hall–Kier alpha value is -0.790. The molecule has 1 heterocycles. The van der Waals surface area contributed by atoms with Crippen LogP contribution in [0, 0.1) is 12.7 Å². The van der Waals surface area contributed by atoms with Crippen LogP contribution in [0.4, 0.5) is 4.39 Å². The van der Waals surface area contributed by atoms with Crippen LogP contribution in [0.5, 0.6) is 0 Å². The summed E-state index contributed by atoms with van der Waals surface area (Å²) in [5.41, 5.74) is 1.25. The Labute approximate surface area is 66.6 Å². The van der Waals surface area contributed by atoms with E-state index >= 15 is 0 Å². The zero-order valence-corrected chi connectivity index (χ0v) is 7.46. The number of aromatic amines is 1. The van der Waals surface area contributed by atoms with Crippen LogP contribution < -0.4 is 0 Å². The SMILES string of the molecule is Cc1c[nH]c(C(C)(C)C)c1F. The zero-order chi connectivity index (χ0) is 8.65. The van der Waals surface area contributed by atoms with Crippen LogP contribution in [-0.2, 0) is 5.41 Å². The highest BCUT2D eigenvalue weighted by atomic mass is 19.1. The molecule has 11 heavy (non-hydrogen) atoms. The van der Waals surface area contributed by atoms with Gasteiger partial charge in [-0.15, -0.1) is 0 Å². The first kappa shape index (κ1) is 8.31. The van der Waals surface area contributed by atoms with E-state index in [1.165, 1.54) is 0 Å². The van der Waals surface area contributed by atoms with Gasteiger partial charge < -0.3 is 4.98 Å². The average Bonchev–Trinajstić information content (AvgIpc) is 2.11. The smallest absolute Gasteiger partial charge is 0.147 e. The van der Waals surface area contributed by atoms with Crippen LogP contribution in [0.2, 0.25) is 0 Å². The van der Waals surface area contributed by atoms with Gasteiger partial charge in [-0.25, -0.2) is 4.39 Å². The van der Waals surface area contributed by atoms with Gasteiger partial charge in [-0.05, 0) is 6.92 Å². The molecule has 0 unspecified atom stereocenters. The Bertz CT molecular complexity index is 255. The molecule has 0 aliphatic carbocycles. The topological polar surface area (TPSA) is 15.8 Å². The second-order valence-electron chi connectivity index (χ2n) is 3.91. The summed E-state index contributed by atoms with van der Waals surface area (Å²) in [6.45, 7) is 7.73. The third kappa shape index (κ3) is 1.44. The minimum atomic E-state index is -0.127. The molecule has 62 valence electrons. The molecule has 2 heteroatoms. The lowest BCUT2D eigenvalue weighted by Crippen LogP contribution is -2.13. The van der Waals surface area contributed by atoms with Crippen molar-refractivity contribution in [2.24, 2.45) is 0 Å². The molecule has 1 N–H and O–H groups in total. The van der Waals surface area contributed by atoms with Crippen molar-refractivity contribution in [1.82, 2.24) is 4.98 Å². The van der Waals surface area contributed by atoms with Gasteiger partial charge in [-0.3, -0.25) is 0 Å². The maximum atomic E-state index is 13.2. The molecule has 1 aromatic rings. The Morgan fingerprint density at radius 3 is 2.09 bits per heavy atom. The van der Waals surface area contributed by atoms with Crippen LogP contribution in [0.25, 0.3) is 0 Å². The highest BCUT2D eigenvalue weighted by Crippen LogP contribution is 2.24. The van der Waals surface area contributed by atoms with Gasteiger partial charge in [-0.1, -0.05) is 20.8 Å². The summed E-state index contributed by atoms with van der Waals surface area (Å²) in [5.74, 6) is -0.0995. The number of rotatable bonds is 0. The largest absolute Gasteiger partial charge is 0.362 e. The van der Waals surface area contributed by atoms with E-state index in [-0.39, 0.29) is 11.2 Å². The van der Waals surface area contributed by atoms with E-state index in [2.05, 4.69) is 4.98 Å². The van der Waals surface area contributed by atoms with Crippen LogP contribution in [-0.4, -0.2) is 4.98 Å². The molecule has 1 nitrogen and oxygen atoms in total. The lowest BCUT2D eigenvalue weighted by molar-refractivity contribution is 0.510. The third-order valence-corrected chi connectivity index (χ3v) is 1.75. The number of hydrogen-bond acceptors (Lipinski definition) is 0. The van der Waals surface area contributed by atoms with Crippen molar-refractivity contribution in [3.63, 3.8) is 0 Å². The molecule has 0 fully saturated rings. The molecule has 0 saturated heterocycles. The molecular weight excluding hydrogens is 141 g/mol. The average molecular weight is 155 g/mol. The summed E-state index contributed by atoms with van der Waals surface area (Å²) in [7, 11) is 0. The van der Waals surface area contributed by atoms with Crippen molar-refractivity contribution in [2.45, 2.75) is 33.1 Å². The zero-order valence-electron chi connectivity index (χ0n) is 7.46. The Balaban J connectivity index is 3.15. The van der Waals surface area contributed by atoms with E-state index in [0.29, 0.717) is 11.3 Å². The second-order valence-corrected chi connectivity index (χ2v) is 3.91. The summed E-state index contributed by atoms with van der Waals surface area (Å²) < 4.78 is 13.2. The van der Waals surface area contributed by atoms with Gasteiger partial charge in [0.1, 0.15) is 5.82 Å². The first-order valence-corrected chi connectivity index (χ1v) is 3.77. The maximum absolute atomic E-state index is 13.2. The normalized spacial score (nSPS) is 12.1. The monoisotopic (exact) mass is 155 g/mol. The number of halogens is 1. The number of H-pyrrole nitrogens is 1. The summed E-state index contributed by atoms with van der Waals surface area (Å²) in [4.78, 5) is 2.94.